The average molecular weight is 244 g/mol. The minimum atomic E-state index is -0.178. The zero-order valence-corrected chi connectivity index (χ0v) is 11.5. The lowest BCUT2D eigenvalue weighted by Crippen LogP contribution is -2.53. The molecular weight excluding hydrogens is 216 g/mol. The number of nitrogens with one attached hydrogen (secondary N) is 1. The van der Waals surface area contributed by atoms with Gasteiger partial charge in [0.15, 0.2) is 0 Å². The van der Waals surface area contributed by atoms with Gasteiger partial charge in [-0.3, -0.25) is 11.3 Å². The van der Waals surface area contributed by atoms with Gasteiger partial charge in [-0.15, -0.1) is 0 Å². The Labute approximate surface area is 105 Å². The van der Waals surface area contributed by atoms with Crippen molar-refractivity contribution < 1.29 is 9.47 Å². The number of hydrazine groups is 1. The van der Waals surface area contributed by atoms with Crippen molar-refractivity contribution in [2.24, 2.45) is 5.84 Å². The first-order valence-electron chi connectivity index (χ1n) is 6.88. The third-order valence-electron chi connectivity index (χ3n) is 3.92. The summed E-state index contributed by atoms with van der Waals surface area (Å²) in [6.07, 6.45) is 5.84. The van der Waals surface area contributed by atoms with E-state index in [9.17, 15) is 0 Å². The molecule has 3 N–H and O–H groups in total. The summed E-state index contributed by atoms with van der Waals surface area (Å²) in [5.41, 5.74) is 2.74. The van der Waals surface area contributed by atoms with Gasteiger partial charge >= 0.3 is 0 Å². The highest BCUT2D eigenvalue weighted by Gasteiger charge is 2.33. The Morgan fingerprint density at radius 2 is 2.29 bits per heavy atom. The standard InChI is InChI=1S/C13H28N2O2/c1-4-13(3,17-5-2)12(15-14)9-8-11-7-6-10-16-11/h11-12,15H,4-10,14H2,1-3H3. The molecule has 0 aliphatic carbocycles. The normalized spacial score (nSPS) is 25.8. The summed E-state index contributed by atoms with van der Waals surface area (Å²) >= 11 is 0. The van der Waals surface area contributed by atoms with Crippen LogP contribution in [0.1, 0.15) is 52.9 Å². The summed E-state index contributed by atoms with van der Waals surface area (Å²) < 4.78 is 11.5. The highest BCUT2D eigenvalue weighted by atomic mass is 16.5. The maximum Gasteiger partial charge on any atom is 0.0817 e. The molecule has 0 aromatic heterocycles. The third-order valence-corrected chi connectivity index (χ3v) is 3.92. The molecule has 0 aromatic rings. The second-order valence-corrected chi connectivity index (χ2v) is 5.03. The molecule has 1 aliphatic heterocycles. The lowest BCUT2D eigenvalue weighted by atomic mass is 9.89. The highest BCUT2D eigenvalue weighted by Crippen LogP contribution is 2.25. The van der Waals surface area contributed by atoms with Crippen molar-refractivity contribution in [2.75, 3.05) is 13.2 Å². The third kappa shape index (κ3) is 4.21. The van der Waals surface area contributed by atoms with E-state index >= 15 is 0 Å². The topological polar surface area (TPSA) is 56.5 Å². The summed E-state index contributed by atoms with van der Waals surface area (Å²) in [5.74, 6) is 5.68. The van der Waals surface area contributed by atoms with E-state index in [0.29, 0.717) is 6.10 Å². The summed E-state index contributed by atoms with van der Waals surface area (Å²) in [4.78, 5) is 0. The molecule has 0 bridgehead atoms. The van der Waals surface area contributed by atoms with Crippen LogP contribution in [0.3, 0.4) is 0 Å². The summed E-state index contributed by atoms with van der Waals surface area (Å²) in [6.45, 7) is 7.95. The van der Waals surface area contributed by atoms with Crippen LogP contribution in [0, 0.1) is 0 Å². The van der Waals surface area contributed by atoms with Gasteiger partial charge in [-0.25, -0.2) is 0 Å². The Morgan fingerprint density at radius 3 is 2.76 bits per heavy atom. The lowest BCUT2D eigenvalue weighted by Gasteiger charge is -2.36. The Bertz CT molecular complexity index is 208. The monoisotopic (exact) mass is 244 g/mol. The fourth-order valence-electron chi connectivity index (χ4n) is 2.57. The van der Waals surface area contributed by atoms with Crippen molar-refractivity contribution in [2.45, 2.75) is 70.6 Å². The van der Waals surface area contributed by atoms with E-state index in [-0.39, 0.29) is 11.6 Å². The summed E-state index contributed by atoms with van der Waals surface area (Å²) in [7, 11) is 0. The molecule has 0 saturated carbocycles. The van der Waals surface area contributed by atoms with E-state index in [1.807, 2.05) is 6.92 Å². The van der Waals surface area contributed by atoms with Gasteiger partial charge in [0.1, 0.15) is 0 Å². The fourth-order valence-corrected chi connectivity index (χ4v) is 2.57. The quantitative estimate of drug-likeness (QED) is 0.506. The molecular formula is C13H28N2O2. The number of ether oxygens (including phenoxy) is 2. The van der Waals surface area contributed by atoms with Crippen LogP contribution >= 0.6 is 0 Å². The van der Waals surface area contributed by atoms with E-state index in [1.165, 1.54) is 12.8 Å². The van der Waals surface area contributed by atoms with Crippen LogP contribution in [0.5, 0.6) is 0 Å². The predicted octanol–water partition coefficient (Wildman–Crippen LogP) is 1.98. The molecule has 1 rings (SSSR count). The smallest absolute Gasteiger partial charge is 0.0817 e. The lowest BCUT2D eigenvalue weighted by molar-refractivity contribution is -0.0596. The van der Waals surface area contributed by atoms with Crippen LogP contribution in [0.2, 0.25) is 0 Å². The average Bonchev–Trinajstić information content (AvgIpc) is 2.83. The van der Waals surface area contributed by atoms with Gasteiger partial charge in [-0.1, -0.05) is 6.92 Å². The number of nitrogens with two attached hydrogens (primary N) is 1. The van der Waals surface area contributed by atoms with E-state index < -0.39 is 0 Å². The SMILES string of the molecule is CCOC(C)(CC)C(CCC1CCCO1)NN. The van der Waals surface area contributed by atoms with E-state index in [0.717, 1.165) is 32.5 Å². The van der Waals surface area contributed by atoms with E-state index in [4.69, 9.17) is 15.3 Å². The van der Waals surface area contributed by atoms with Crippen LogP contribution in [0.25, 0.3) is 0 Å². The highest BCUT2D eigenvalue weighted by molar-refractivity contribution is 4.88. The predicted molar refractivity (Wildman–Crippen MR) is 69.6 cm³/mol. The van der Waals surface area contributed by atoms with E-state index in [1.54, 1.807) is 0 Å². The first kappa shape index (κ1) is 14.9. The first-order chi connectivity index (χ1) is 8.16. The number of rotatable bonds is 8. The molecule has 3 atom stereocenters. The molecule has 3 unspecified atom stereocenters. The maximum absolute atomic E-state index is 5.86. The minimum Gasteiger partial charge on any atom is -0.378 e. The number of hydrogen-bond acceptors (Lipinski definition) is 4. The molecule has 4 nitrogen and oxygen atoms in total. The molecule has 1 heterocycles. The molecule has 4 heteroatoms. The van der Waals surface area contributed by atoms with Crippen molar-refractivity contribution in [1.29, 1.82) is 0 Å². The van der Waals surface area contributed by atoms with Gasteiger partial charge in [-0.2, -0.15) is 0 Å². The Kier molecular flexibility index (Phi) is 6.41. The molecule has 1 aliphatic rings. The van der Waals surface area contributed by atoms with Gasteiger partial charge in [0.2, 0.25) is 0 Å². The molecule has 0 amide bonds. The second-order valence-electron chi connectivity index (χ2n) is 5.03. The van der Waals surface area contributed by atoms with Gasteiger partial charge in [0.25, 0.3) is 0 Å². The van der Waals surface area contributed by atoms with Crippen molar-refractivity contribution in [3.8, 4) is 0 Å². The van der Waals surface area contributed by atoms with Crippen molar-refractivity contribution in [3.05, 3.63) is 0 Å². The minimum absolute atomic E-state index is 0.178. The van der Waals surface area contributed by atoms with Gasteiger partial charge in [-0.05, 0) is 46.0 Å². The molecule has 0 radical (unpaired) electrons. The summed E-state index contributed by atoms with van der Waals surface area (Å²) in [5, 5.41) is 0. The van der Waals surface area contributed by atoms with Crippen LogP contribution in [0.4, 0.5) is 0 Å². The van der Waals surface area contributed by atoms with Gasteiger partial charge in [0.05, 0.1) is 11.7 Å². The van der Waals surface area contributed by atoms with Crippen LogP contribution < -0.4 is 11.3 Å². The van der Waals surface area contributed by atoms with Crippen molar-refractivity contribution >= 4 is 0 Å². The van der Waals surface area contributed by atoms with Gasteiger partial charge in [0, 0.05) is 19.3 Å². The van der Waals surface area contributed by atoms with Crippen LogP contribution in [-0.2, 0) is 9.47 Å². The van der Waals surface area contributed by atoms with Crippen LogP contribution in [0.15, 0.2) is 0 Å². The van der Waals surface area contributed by atoms with E-state index in [2.05, 4.69) is 19.3 Å². The van der Waals surface area contributed by atoms with Crippen molar-refractivity contribution in [1.82, 2.24) is 5.43 Å². The van der Waals surface area contributed by atoms with Crippen molar-refractivity contribution in [3.63, 3.8) is 0 Å². The molecule has 17 heavy (non-hydrogen) atoms. The summed E-state index contributed by atoms with van der Waals surface area (Å²) in [6, 6.07) is 0.191. The maximum atomic E-state index is 5.86. The molecule has 1 saturated heterocycles. The molecule has 1 fully saturated rings. The fraction of sp³-hybridized carbons (Fsp3) is 1.00. The molecule has 102 valence electrons. The Hall–Kier alpha value is -0.160. The Balaban J connectivity index is 2.44. The van der Waals surface area contributed by atoms with Gasteiger partial charge < -0.3 is 9.47 Å². The molecule has 0 aromatic carbocycles. The second kappa shape index (κ2) is 7.31. The molecule has 0 spiro atoms. The zero-order valence-electron chi connectivity index (χ0n) is 11.5. The Morgan fingerprint density at radius 1 is 1.53 bits per heavy atom. The first-order valence-corrected chi connectivity index (χ1v) is 6.88. The zero-order chi connectivity index (χ0) is 12.7. The van der Waals surface area contributed by atoms with Crippen LogP contribution in [-0.4, -0.2) is 31.0 Å². The number of hydrogen-bond donors (Lipinski definition) is 2. The largest absolute Gasteiger partial charge is 0.378 e.